The number of halogens is 1. The molecule has 2 aromatic rings. The molecular formula is C20H22BFN2O3. The second-order valence-corrected chi connectivity index (χ2v) is 8.59. The molecule has 0 amide bonds. The van der Waals surface area contributed by atoms with E-state index in [1.807, 2.05) is 12.3 Å². The second kappa shape index (κ2) is 5.93. The SMILES string of the molecule is CC1(F)CC(C(=O)CC2CC(C3=CB(O)Oc4cnc5[nH]ccc5c43)C2)C1. The number of nitrogens with one attached hydrogen (secondary N) is 1. The molecule has 3 aliphatic rings. The van der Waals surface area contributed by atoms with Gasteiger partial charge in [0, 0.05) is 29.5 Å². The molecule has 7 heteroatoms. The third-order valence-corrected chi connectivity index (χ3v) is 6.38. The van der Waals surface area contributed by atoms with Crippen molar-refractivity contribution >= 4 is 29.5 Å². The van der Waals surface area contributed by atoms with Crippen LogP contribution in [0.1, 0.15) is 44.6 Å². The molecule has 0 bridgehead atoms. The molecule has 27 heavy (non-hydrogen) atoms. The first-order chi connectivity index (χ1) is 12.9. The highest BCUT2D eigenvalue weighted by Crippen LogP contribution is 2.50. The van der Waals surface area contributed by atoms with Crippen LogP contribution in [0.25, 0.3) is 16.6 Å². The van der Waals surface area contributed by atoms with E-state index in [-0.39, 0.29) is 11.7 Å². The summed E-state index contributed by atoms with van der Waals surface area (Å²) in [6.07, 6.45) is 6.63. The number of carbonyl (C=O) groups is 1. The highest BCUT2D eigenvalue weighted by atomic mass is 19.1. The smallest absolute Gasteiger partial charge is 0.531 e. The topological polar surface area (TPSA) is 75.2 Å². The van der Waals surface area contributed by atoms with E-state index in [0.29, 0.717) is 36.8 Å². The fourth-order valence-corrected chi connectivity index (χ4v) is 4.92. The van der Waals surface area contributed by atoms with Gasteiger partial charge in [0.25, 0.3) is 0 Å². The Morgan fingerprint density at radius 3 is 3.00 bits per heavy atom. The number of allylic oxidation sites excluding steroid dienone is 1. The summed E-state index contributed by atoms with van der Waals surface area (Å²) >= 11 is 0. The van der Waals surface area contributed by atoms with Crippen molar-refractivity contribution in [2.24, 2.45) is 17.8 Å². The lowest BCUT2D eigenvalue weighted by atomic mass is 9.63. The molecule has 140 valence electrons. The normalized spacial score (nSPS) is 32.2. The van der Waals surface area contributed by atoms with E-state index in [1.54, 1.807) is 19.1 Å². The molecule has 5 rings (SSSR count). The molecule has 2 aromatic heterocycles. The first-order valence-electron chi connectivity index (χ1n) is 9.64. The number of ketones is 1. The van der Waals surface area contributed by atoms with Crippen LogP contribution in [0.15, 0.2) is 24.4 Å². The number of aromatic amines is 1. The Balaban J connectivity index is 1.30. The van der Waals surface area contributed by atoms with Gasteiger partial charge in [-0.2, -0.15) is 0 Å². The van der Waals surface area contributed by atoms with Gasteiger partial charge in [-0.3, -0.25) is 4.79 Å². The van der Waals surface area contributed by atoms with Crippen LogP contribution in [-0.2, 0) is 4.79 Å². The van der Waals surface area contributed by atoms with Crippen molar-refractivity contribution in [2.45, 2.75) is 44.7 Å². The molecule has 2 N–H and O–H groups in total. The quantitative estimate of drug-likeness (QED) is 0.811. The Kier molecular flexibility index (Phi) is 3.73. The van der Waals surface area contributed by atoms with Crippen LogP contribution in [-0.4, -0.2) is 33.6 Å². The molecule has 2 aliphatic carbocycles. The lowest BCUT2D eigenvalue weighted by molar-refractivity contribution is -0.132. The predicted octanol–water partition coefficient (Wildman–Crippen LogP) is 3.48. The van der Waals surface area contributed by atoms with Crippen molar-refractivity contribution in [3.63, 3.8) is 0 Å². The lowest BCUT2D eigenvalue weighted by Gasteiger charge is -2.41. The number of Topliss-reactive ketones (excluding diaryl/α,β-unsaturated/α-hetero) is 1. The average molecular weight is 368 g/mol. The van der Waals surface area contributed by atoms with Crippen LogP contribution < -0.4 is 4.65 Å². The summed E-state index contributed by atoms with van der Waals surface area (Å²) in [4.78, 5) is 19.8. The largest absolute Gasteiger partial charge is 0.552 e. The van der Waals surface area contributed by atoms with E-state index in [1.165, 1.54) is 0 Å². The van der Waals surface area contributed by atoms with Crippen LogP contribution in [0.3, 0.4) is 0 Å². The first kappa shape index (κ1) is 17.0. The Morgan fingerprint density at radius 1 is 1.48 bits per heavy atom. The number of H-pyrrole nitrogens is 1. The number of hydrogen-bond donors (Lipinski definition) is 2. The Morgan fingerprint density at radius 2 is 2.26 bits per heavy atom. The average Bonchev–Trinajstić information content (AvgIpc) is 3.03. The van der Waals surface area contributed by atoms with E-state index >= 15 is 0 Å². The number of pyridine rings is 1. The van der Waals surface area contributed by atoms with Crippen LogP contribution >= 0.6 is 0 Å². The molecule has 0 saturated heterocycles. The number of nitrogens with zero attached hydrogens (tertiary/aromatic N) is 1. The first-order valence-corrected chi connectivity index (χ1v) is 9.64. The number of fused-ring (bicyclic) bond motifs is 3. The summed E-state index contributed by atoms with van der Waals surface area (Å²) in [6.45, 7) is 1.58. The lowest BCUT2D eigenvalue weighted by Crippen LogP contribution is -2.42. The minimum atomic E-state index is -1.15. The van der Waals surface area contributed by atoms with Gasteiger partial charge >= 0.3 is 7.12 Å². The monoisotopic (exact) mass is 368 g/mol. The van der Waals surface area contributed by atoms with Gasteiger partial charge in [0.2, 0.25) is 0 Å². The Hall–Kier alpha value is -2.15. The zero-order valence-electron chi connectivity index (χ0n) is 15.2. The second-order valence-electron chi connectivity index (χ2n) is 8.59. The van der Waals surface area contributed by atoms with Crippen molar-refractivity contribution < 1.29 is 18.9 Å². The number of rotatable bonds is 4. The number of aromatic nitrogens is 2. The van der Waals surface area contributed by atoms with Crippen molar-refractivity contribution in [1.82, 2.24) is 9.97 Å². The summed E-state index contributed by atoms with van der Waals surface area (Å²) in [7, 11) is -0.969. The van der Waals surface area contributed by atoms with Gasteiger partial charge in [0.15, 0.2) is 0 Å². The van der Waals surface area contributed by atoms with Gasteiger partial charge in [-0.25, -0.2) is 9.37 Å². The van der Waals surface area contributed by atoms with E-state index in [2.05, 4.69) is 9.97 Å². The van der Waals surface area contributed by atoms with Gasteiger partial charge in [-0.05, 0) is 62.1 Å². The highest BCUT2D eigenvalue weighted by Gasteiger charge is 2.45. The van der Waals surface area contributed by atoms with Crippen molar-refractivity contribution in [1.29, 1.82) is 0 Å². The Labute approximate surface area is 157 Å². The van der Waals surface area contributed by atoms with Crippen LogP contribution in [0.4, 0.5) is 4.39 Å². The van der Waals surface area contributed by atoms with Gasteiger partial charge < -0.3 is 14.7 Å². The molecule has 0 unspecified atom stereocenters. The molecule has 0 aromatic carbocycles. The van der Waals surface area contributed by atoms with E-state index in [9.17, 15) is 14.2 Å². The van der Waals surface area contributed by atoms with E-state index < -0.39 is 12.8 Å². The summed E-state index contributed by atoms with van der Waals surface area (Å²) in [5.41, 5.74) is 1.73. The highest BCUT2D eigenvalue weighted by molar-refractivity contribution is 6.52. The minimum absolute atomic E-state index is 0.0885. The minimum Gasteiger partial charge on any atom is -0.531 e. The maximum absolute atomic E-state index is 13.6. The standard InChI is InChI=1S/C20H22BFN2O3/c1-20(22)7-13(8-20)16(25)6-11-4-12(5-11)15-9-21(26)27-17-10-24-19-14(18(15)17)2-3-23-19/h2-3,9-13,26H,4-8H2,1H3,(H,23,24). The van der Waals surface area contributed by atoms with Crippen LogP contribution in [0.5, 0.6) is 5.75 Å². The van der Waals surface area contributed by atoms with Crippen molar-refractivity contribution in [3.05, 3.63) is 30.0 Å². The molecule has 1 aliphatic heterocycles. The molecule has 2 saturated carbocycles. The molecular weight excluding hydrogens is 346 g/mol. The zero-order valence-corrected chi connectivity index (χ0v) is 15.2. The number of alkyl halides is 1. The van der Waals surface area contributed by atoms with Gasteiger partial charge in [-0.1, -0.05) is 0 Å². The maximum Gasteiger partial charge on any atom is 0.552 e. The number of hydrogen-bond acceptors (Lipinski definition) is 4. The van der Waals surface area contributed by atoms with Gasteiger partial charge in [-0.15, -0.1) is 0 Å². The number of carbonyl (C=O) groups excluding carboxylic acids is 1. The summed E-state index contributed by atoms with van der Waals surface area (Å²) in [5.74, 6) is 3.15. The summed E-state index contributed by atoms with van der Waals surface area (Å²) in [6, 6.07) is 1.97. The van der Waals surface area contributed by atoms with E-state index in [4.69, 9.17) is 4.65 Å². The molecule has 2 fully saturated rings. The van der Waals surface area contributed by atoms with Crippen molar-refractivity contribution in [3.8, 4) is 5.75 Å². The molecule has 0 atom stereocenters. The summed E-state index contributed by atoms with van der Waals surface area (Å²) in [5, 5.41) is 11.1. The fourth-order valence-electron chi connectivity index (χ4n) is 4.92. The predicted molar refractivity (Wildman–Crippen MR) is 101 cm³/mol. The fraction of sp³-hybridized carbons (Fsp3) is 0.500. The third-order valence-electron chi connectivity index (χ3n) is 6.38. The Bertz CT molecular complexity index is 940. The maximum atomic E-state index is 13.6. The van der Waals surface area contributed by atoms with Crippen LogP contribution in [0, 0.1) is 17.8 Å². The molecule has 0 radical (unpaired) electrons. The molecule has 0 spiro atoms. The molecule has 3 heterocycles. The summed E-state index contributed by atoms with van der Waals surface area (Å²) < 4.78 is 19.2. The van der Waals surface area contributed by atoms with Gasteiger partial charge in [0.1, 0.15) is 22.8 Å². The third kappa shape index (κ3) is 2.88. The molecule has 5 nitrogen and oxygen atoms in total. The van der Waals surface area contributed by atoms with Crippen molar-refractivity contribution in [2.75, 3.05) is 0 Å². The van der Waals surface area contributed by atoms with E-state index in [0.717, 1.165) is 35.0 Å². The van der Waals surface area contributed by atoms with Gasteiger partial charge in [0.05, 0.1) is 6.20 Å². The van der Waals surface area contributed by atoms with Crippen LogP contribution in [0.2, 0.25) is 0 Å². The zero-order chi connectivity index (χ0) is 18.8.